The van der Waals surface area contributed by atoms with E-state index in [-0.39, 0.29) is 5.56 Å². The van der Waals surface area contributed by atoms with Crippen LogP contribution in [0.15, 0.2) is 24.3 Å². The maximum absolute atomic E-state index is 11.9. The molecule has 0 nitrogen and oxygen atoms in total. The fourth-order valence-corrected chi connectivity index (χ4v) is 1.00. The molecule has 0 aliphatic heterocycles. The minimum atomic E-state index is -4.17. The van der Waals surface area contributed by atoms with Crippen molar-refractivity contribution in [2.75, 3.05) is 0 Å². The first-order valence-electron chi connectivity index (χ1n) is 3.63. The molecular formula is C10H7F3. The molecule has 0 aliphatic rings. The zero-order chi connectivity index (χ0) is 9.90. The van der Waals surface area contributed by atoms with Crippen LogP contribution in [0.25, 0.3) is 0 Å². The monoisotopic (exact) mass is 184 g/mol. The van der Waals surface area contributed by atoms with Crippen molar-refractivity contribution in [3.8, 4) is 12.3 Å². The van der Waals surface area contributed by atoms with Gasteiger partial charge in [0.15, 0.2) is 0 Å². The van der Waals surface area contributed by atoms with Crippen LogP contribution in [-0.4, -0.2) is 6.18 Å². The molecule has 0 aliphatic carbocycles. The van der Waals surface area contributed by atoms with Gasteiger partial charge in [0.25, 0.3) is 0 Å². The summed E-state index contributed by atoms with van der Waals surface area (Å²) in [7, 11) is 0. The van der Waals surface area contributed by atoms with Crippen molar-refractivity contribution in [2.45, 2.75) is 12.6 Å². The number of alkyl halides is 3. The predicted octanol–water partition coefficient (Wildman–Crippen LogP) is 2.77. The minimum Gasteiger partial charge on any atom is -0.171 e. The Bertz CT molecular complexity index is 331. The molecule has 0 amide bonds. The molecule has 0 bridgehead atoms. The van der Waals surface area contributed by atoms with Crippen LogP contribution < -0.4 is 0 Å². The molecule has 0 radical (unpaired) electrons. The molecular weight excluding hydrogens is 177 g/mol. The number of hydrogen-bond donors (Lipinski definition) is 0. The maximum atomic E-state index is 11.9. The van der Waals surface area contributed by atoms with Gasteiger partial charge in [0.1, 0.15) is 0 Å². The molecule has 0 aromatic heterocycles. The van der Waals surface area contributed by atoms with Gasteiger partial charge in [0, 0.05) is 5.56 Å². The van der Waals surface area contributed by atoms with Gasteiger partial charge >= 0.3 is 6.18 Å². The lowest BCUT2D eigenvalue weighted by Crippen LogP contribution is -2.11. The van der Waals surface area contributed by atoms with Crippen LogP contribution in [0, 0.1) is 12.3 Å². The third kappa shape index (κ3) is 3.20. The second-order valence-corrected chi connectivity index (χ2v) is 2.64. The fourth-order valence-electron chi connectivity index (χ4n) is 1.00. The van der Waals surface area contributed by atoms with Crippen LogP contribution in [0.4, 0.5) is 13.2 Å². The van der Waals surface area contributed by atoms with Crippen molar-refractivity contribution in [1.82, 2.24) is 0 Å². The minimum absolute atomic E-state index is 0.197. The molecule has 1 aromatic carbocycles. The molecule has 0 saturated carbocycles. The topological polar surface area (TPSA) is 0 Å². The van der Waals surface area contributed by atoms with E-state index in [2.05, 4.69) is 5.92 Å². The predicted molar refractivity (Wildman–Crippen MR) is 44.1 cm³/mol. The second kappa shape index (κ2) is 3.53. The normalized spacial score (nSPS) is 10.9. The summed E-state index contributed by atoms with van der Waals surface area (Å²) < 4.78 is 35.8. The standard InChI is InChI=1S/C10H7F3/c1-2-8-4-3-5-9(6-8)7-10(11,12)13/h1,3-6H,7H2. The number of benzene rings is 1. The lowest BCUT2D eigenvalue weighted by Gasteiger charge is -2.05. The Balaban J connectivity index is 2.86. The lowest BCUT2D eigenvalue weighted by atomic mass is 10.1. The van der Waals surface area contributed by atoms with Gasteiger partial charge in [-0.3, -0.25) is 0 Å². The summed E-state index contributed by atoms with van der Waals surface area (Å²) in [6.07, 6.45) is -0.0502. The van der Waals surface area contributed by atoms with Crippen molar-refractivity contribution >= 4 is 0 Å². The zero-order valence-corrected chi connectivity index (χ0v) is 6.73. The molecule has 3 heteroatoms. The van der Waals surface area contributed by atoms with Crippen LogP contribution in [0.3, 0.4) is 0 Å². The molecule has 13 heavy (non-hydrogen) atoms. The fraction of sp³-hybridized carbons (Fsp3) is 0.200. The Morgan fingerprint density at radius 1 is 1.31 bits per heavy atom. The highest BCUT2D eigenvalue weighted by Gasteiger charge is 2.27. The third-order valence-corrected chi connectivity index (χ3v) is 1.50. The SMILES string of the molecule is C#Cc1cccc(CC(F)(F)F)c1. The summed E-state index contributed by atoms with van der Waals surface area (Å²) in [5.41, 5.74) is 0.671. The first kappa shape index (κ1) is 9.66. The van der Waals surface area contributed by atoms with Crippen LogP contribution in [0.1, 0.15) is 11.1 Å². The van der Waals surface area contributed by atoms with Gasteiger partial charge in [-0.25, -0.2) is 0 Å². The van der Waals surface area contributed by atoms with E-state index in [0.29, 0.717) is 5.56 Å². The van der Waals surface area contributed by atoms with E-state index >= 15 is 0 Å². The van der Waals surface area contributed by atoms with E-state index in [1.54, 1.807) is 6.07 Å². The summed E-state index contributed by atoms with van der Waals surface area (Å²) in [5, 5.41) is 0. The van der Waals surface area contributed by atoms with Gasteiger partial charge < -0.3 is 0 Å². The highest BCUT2D eigenvalue weighted by atomic mass is 19.4. The van der Waals surface area contributed by atoms with E-state index in [1.807, 2.05) is 0 Å². The van der Waals surface area contributed by atoms with Gasteiger partial charge in [-0.1, -0.05) is 18.1 Å². The Morgan fingerprint density at radius 3 is 2.54 bits per heavy atom. The van der Waals surface area contributed by atoms with E-state index in [0.717, 1.165) is 0 Å². The highest BCUT2D eigenvalue weighted by molar-refractivity contribution is 5.35. The Kier molecular flexibility index (Phi) is 2.62. The third-order valence-electron chi connectivity index (χ3n) is 1.50. The van der Waals surface area contributed by atoms with Crippen molar-refractivity contribution < 1.29 is 13.2 Å². The van der Waals surface area contributed by atoms with Crippen molar-refractivity contribution in [3.05, 3.63) is 35.4 Å². The summed E-state index contributed by atoms with van der Waals surface area (Å²) >= 11 is 0. The molecule has 0 fully saturated rings. The van der Waals surface area contributed by atoms with Gasteiger partial charge in [-0.2, -0.15) is 13.2 Å². The maximum Gasteiger partial charge on any atom is 0.393 e. The quantitative estimate of drug-likeness (QED) is 0.589. The summed E-state index contributed by atoms with van der Waals surface area (Å²) in [6, 6.07) is 5.90. The van der Waals surface area contributed by atoms with Crippen LogP contribution in [0.2, 0.25) is 0 Å². The first-order valence-corrected chi connectivity index (χ1v) is 3.63. The lowest BCUT2D eigenvalue weighted by molar-refractivity contribution is -0.127. The van der Waals surface area contributed by atoms with Crippen LogP contribution in [0.5, 0.6) is 0 Å². The number of hydrogen-bond acceptors (Lipinski definition) is 0. The van der Waals surface area contributed by atoms with Gasteiger partial charge in [-0.05, 0) is 17.7 Å². The zero-order valence-electron chi connectivity index (χ0n) is 6.73. The number of terminal acetylenes is 1. The molecule has 1 aromatic rings. The van der Waals surface area contributed by atoms with Gasteiger partial charge in [0.2, 0.25) is 0 Å². The van der Waals surface area contributed by atoms with E-state index in [4.69, 9.17) is 6.42 Å². The first-order chi connectivity index (χ1) is 6.01. The smallest absolute Gasteiger partial charge is 0.171 e. The van der Waals surface area contributed by atoms with Gasteiger partial charge in [-0.15, -0.1) is 6.42 Å². The van der Waals surface area contributed by atoms with Gasteiger partial charge in [0.05, 0.1) is 6.42 Å². The molecule has 1 rings (SSSR count). The molecule has 0 heterocycles. The molecule has 0 unspecified atom stereocenters. The van der Waals surface area contributed by atoms with E-state index < -0.39 is 12.6 Å². The summed E-state index contributed by atoms with van der Waals surface area (Å²) in [5.74, 6) is 2.29. The average Bonchev–Trinajstić information content (AvgIpc) is 2.01. The van der Waals surface area contributed by atoms with E-state index in [1.165, 1.54) is 18.2 Å². The van der Waals surface area contributed by atoms with Crippen molar-refractivity contribution in [1.29, 1.82) is 0 Å². The molecule has 0 spiro atoms. The Labute approximate surface area is 74.4 Å². The number of rotatable bonds is 1. The van der Waals surface area contributed by atoms with Crippen LogP contribution >= 0.6 is 0 Å². The second-order valence-electron chi connectivity index (χ2n) is 2.64. The largest absolute Gasteiger partial charge is 0.393 e. The highest BCUT2D eigenvalue weighted by Crippen LogP contribution is 2.21. The number of halogens is 3. The summed E-state index contributed by atoms with van der Waals surface area (Å²) in [6.45, 7) is 0. The molecule has 68 valence electrons. The van der Waals surface area contributed by atoms with E-state index in [9.17, 15) is 13.2 Å². The summed E-state index contributed by atoms with van der Waals surface area (Å²) in [4.78, 5) is 0. The molecule has 0 saturated heterocycles. The van der Waals surface area contributed by atoms with Crippen molar-refractivity contribution in [2.24, 2.45) is 0 Å². The van der Waals surface area contributed by atoms with Crippen LogP contribution in [-0.2, 0) is 6.42 Å². The Morgan fingerprint density at radius 2 is 2.00 bits per heavy atom. The Hall–Kier alpha value is -1.43. The molecule has 0 N–H and O–H groups in total. The molecule has 0 atom stereocenters. The van der Waals surface area contributed by atoms with Crippen molar-refractivity contribution in [3.63, 3.8) is 0 Å². The average molecular weight is 184 g/mol.